The van der Waals surface area contributed by atoms with Gasteiger partial charge in [0.25, 0.3) is 0 Å². The SMILES string of the molecule is CC1CC23C4=CCCN2CCCC3C(O)CC4C1=O. The van der Waals surface area contributed by atoms with Gasteiger partial charge in [0.05, 0.1) is 6.10 Å². The van der Waals surface area contributed by atoms with Crippen LogP contribution in [0.4, 0.5) is 0 Å². The van der Waals surface area contributed by atoms with Crippen molar-refractivity contribution in [3.05, 3.63) is 11.6 Å². The smallest absolute Gasteiger partial charge is 0.143 e. The number of ketones is 1. The zero-order chi connectivity index (χ0) is 13.2. The van der Waals surface area contributed by atoms with Gasteiger partial charge in [-0.3, -0.25) is 9.69 Å². The molecule has 0 amide bonds. The van der Waals surface area contributed by atoms with Crippen LogP contribution in [0.2, 0.25) is 0 Å². The molecule has 0 aromatic heterocycles. The molecule has 0 aromatic rings. The molecular weight excluding hydrogens is 238 g/mol. The number of Topliss-reactive ketones (excluding diaryl/α,β-unsaturated/α-hetero) is 1. The van der Waals surface area contributed by atoms with E-state index in [0.29, 0.717) is 18.1 Å². The maximum absolute atomic E-state index is 12.5. The fraction of sp³-hybridized carbons (Fsp3) is 0.812. The first-order chi connectivity index (χ1) is 9.14. The van der Waals surface area contributed by atoms with Gasteiger partial charge in [-0.1, -0.05) is 13.0 Å². The molecule has 0 aromatic carbocycles. The van der Waals surface area contributed by atoms with Crippen molar-refractivity contribution in [3.63, 3.8) is 0 Å². The van der Waals surface area contributed by atoms with Crippen molar-refractivity contribution in [1.29, 1.82) is 0 Å². The highest BCUT2D eigenvalue weighted by Crippen LogP contribution is 2.57. The van der Waals surface area contributed by atoms with Gasteiger partial charge in [-0.05, 0) is 44.2 Å². The van der Waals surface area contributed by atoms with Crippen LogP contribution in [0.5, 0.6) is 0 Å². The van der Waals surface area contributed by atoms with Crippen molar-refractivity contribution in [2.24, 2.45) is 17.8 Å². The fourth-order valence-corrected chi connectivity index (χ4v) is 5.50. The van der Waals surface area contributed by atoms with E-state index in [0.717, 1.165) is 32.4 Å². The first kappa shape index (κ1) is 12.1. The van der Waals surface area contributed by atoms with E-state index in [-0.39, 0.29) is 23.5 Å². The molecule has 4 rings (SSSR count). The van der Waals surface area contributed by atoms with Gasteiger partial charge in [-0.2, -0.15) is 0 Å². The Morgan fingerprint density at radius 1 is 1.42 bits per heavy atom. The molecule has 19 heavy (non-hydrogen) atoms. The Labute approximate surface area is 114 Å². The van der Waals surface area contributed by atoms with Crippen molar-refractivity contribution in [2.45, 2.75) is 50.7 Å². The van der Waals surface area contributed by atoms with Gasteiger partial charge in [0, 0.05) is 29.8 Å². The predicted octanol–water partition coefficient (Wildman–Crippen LogP) is 1.76. The lowest BCUT2D eigenvalue weighted by Crippen LogP contribution is -2.69. The molecule has 3 nitrogen and oxygen atoms in total. The first-order valence-electron chi connectivity index (χ1n) is 7.82. The van der Waals surface area contributed by atoms with Crippen LogP contribution < -0.4 is 0 Å². The standard InChI is InChI=1S/C16H23NO2/c1-10-9-16-12-4-2-6-17(16)7-3-5-13(16)14(18)8-11(12)15(10)19/h4,10-11,13-14,18H,2-3,5-9H2,1H3. The van der Waals surface area contributed by atoms with Crippen LogP contribution >= 0.6 is 0 Å². The average molecular weight is 261 g/mol. The average Bonchev–Trinajstić information content (AvgIpc) is 2.40. The summed E-state index contributed by atoms with van der Waals surface area (Å²) < 4.78 is 0. The molecule has 3 fully saturated rings. The van der Waals surface area contributed by atoms with Gasteiger partial charge >= 0.3 is 0 Å². The van der Waals surface area contributed by atoms with Gasteiger partial charge in [0.2, 0.25) is 0 Å². The molecule has 3 heteroatoms. The summed E-state index contributed by atoms with van der Waals surface area (Å²) in [6.07, 6.45) is 7.09. The third-order valence-electron chi connectivity index (χ3n) is 6.15. The third kappa shape index (κ3) is 1.38. The molecule has 104 valence electrons. The van der Waals surface area contributed by atoms with Crippen LogP contribution in [0, 0.1) is 17.8 Å². The molecular formula is C16H23NO2. The van der Waals surface area contributed by atoms with Gasteiger partial charge in [-0.25, -0.2) is 0 Å². The Bertz CT molecular complexity index is 458. The molecule has 1 spiro atoms. The minimum absolute atomic E-state index is 0.0101. The number of hydrogen-bond donors (Lipinski definition) is 1. The quantitative estimate of drug-likeness (QED) is 0.675. The van der Waals surface area contributed by atoms with Crippen molar-refractivity contribution < 1.29 is 9.90 Å². The predicted molar refractivity (Wildman–Crippen MR) is 72.6 cm³/mol. The number of hydrogen-bond acceptors (Lipinski definition) is 3. The van der Waals surface area contributed by atoms with E-state index in [1.54, 1.807) is 0 Å². The third-order valence-corrected chi connectivity index (χ3v) is 6.15. The van der Waals surface area contributed by atoms with Crippen LogP contribution in [0.1, 0.15) is 39.0 Å². The van der Waals surface area contributed by atoms with Crippen molar-refractivity contribution in [2.75, 3.05) is 13.1 Å². The summed E-state index contributed by atoms with van der Waals surface area (Å²) in [7, 11) is 0. The van der Waals surface area contributed by atoms with Gasteiger partial charge in [0.15, 0.2) is 0 Å². The Hall–Kier alpha value is -0.670. The first-order valence-corrected chi connectivity index (χ1v) is 7.82. The second-order valence-electron chi connectivity index (χ2n) is 6.97. The van der Waals surface area contributed by atoms with E-state index in [1.807, 2.05) is 0 Å². The number of carbonyl (C=O) groups excluding carboxylic acids is 1. The van der Waals surface area contributed by atoms with Gasteiger partial charge in [0.1, 0.15) is 5.78 Å². The fourth-order valence-electron chi connectivity index (χ4n) is 5.50. The van der Waals surface area contributed by atoms with Crippen molar-refractivity contribution in [3.8, 4) is 0 Å². The second-order valence-corrected chi connectivity index (χ2v) is 6.97. The molecule has 2 aliphatic heterocycles. The largest absolute Gasteiger partial charge is 0.393 e. The summed E-state index contributed by atoms with van der Waals surface area (Å²) in [5, 5.41) is 10.6. The molecule has 2 saturated carbocycles. The zero-order valence-electron chi connectivity index (χ0n) is 11.6. The Kier molecular flexibility index (Phi) is 2.50. The van der Waals surface area contributed by atoms with E-state index in [9.17, 15) is 9.90 Å². The monoisotopic (exact) mass is 261 g/mol. The molecule has 5 unspecified atom stereocenters. The number of aliphatic hydroxyl groups excluding tert-OH is 1. The summed E-state index contributed by atoms with van der Waals surface area (Å²) in [5.74, 6) is 0.910. The zero-order valence-corrected chi connectivity index (χ0v) is 11.6. The minimum atomic E-state index is -0.278. The number of rotatable bonds is 0. The molecule has 2 heterocycles. The summed E-state index contributed by atoms with van der Waals surface area (Å²) in [5.41, 5.74) is 1.42. The van der Waals surface area contributed by atoms with Crippen LogP contribution in [0.15, 0.2) is 11.6 Å². The number of carbonyl (C=O) groups is 1. The molecule has 1 saturated heterocycles. The van der Waals surface area contributed by atoms with E-state index in [2.05, 4.69) is 17.9 Å². The summed E-state index contributed by atoms with van der Waals surface area (Å²) in [4.78, 5) is 15.1. The Morgan fingerprint density at radius 3 is 3.11 bits per heavy atom. The van der Waals surface area contributed by atoms with Crippen LogP contribution in [0.25, 0.3) is 0 Å². The highest BCUT2D eigenvalue weighted by Gasteiger charge is 2.61. The lowest BCUT2D eigenvalue weighted by atomic mass is 9.51. The topological polar surface area (TPSA) is 40.5 Å². The summed E-state index contributed by atoms with van der Waals surface area (Å²) in [6, 6.07) is 0. The maximum Gasteiger partial charge on any atom is 0.143 e. The van der Waals surface area contributed by atoms with Gasteiger partial charge in [-0.15, -0.1) is 0 Å². The van der Waals surface area contributed by atoms with Crippen molar-refractivity contribution in [1.82, 2.24) is 4.90 Å². The summed E-state index contributed by atoms with van der Waals surface area (Å²) >= 11 is 0. The van der Waals surface area contributed by atoms with E-state index in [1.165, 1.54) is 12.0 Å². The highest BCUT2D eigenvalue weighted by molar-refractivity contribution is 5.88. The highest BCUT2D eigenvalue weighted by atomic mass is 16.3. The number of piperidine rings is 1. The van der Waals surface area contributed by atoms with E-state index < -0.39 is 0 Å². The Balaban J connectivity index is 1.89. The van der Waals surface area contributed by atoms with Crippen LogP contribution in [-0.2, 0) is 4.79 Å². The Morgan fingerprint density at radius 2 is 2.26 bits per heavy atom. The molecule has 2 aliphatic carbocycles. The summed E-state index contributed by atoms with van der Waals surface area (Å²) in [6.45, 7) is 4.35. The van der Waals surface area contributed by atoms with Crippen LogP contribution in [0.3, 0.4) is 0 Å². The second kappa shape index (κ2) is 3.92. The lowest BCUT2D eigenvalue weighted by molar-refractivity contribution is -0.146. The number of nitrogens with zero attached hydrogens (tertiary/aromatic N) is 1. The van der Waals surface area contributed by atoms with E-state index >= 15 is 0 Å². The van der Waals surface area contributed by atoms with Crippen LogP contribution in [-0.4, -0.2) is 40.5 Å². The van der Waals surface area contributed by atoms with Gasteiger partial charge < -0.3 is 5.11 Å². The lowest BCUT2D eigenvalue weighted by Gasteiger charge is -2.63. The molecule has 0 radical (unpaired) electrons. The molecule has 2 bridgehead atoms. The molecule has 5 atom stereocenters. The number of aliphatic hydroxyl groups is 1. The normalized spacial score (nSPS) is 49.6. The molecule has 1 N–H and O–H groups in total. The van der Waals surface area contributed by atoms with E-state index in [4.69, 9.17) is 0 Å². The maximum atomic E-state index is 12.5. The minimum Gasteiger partial charge on any atom is -0.393 e. The molecule has 4 aliphatic rings. The van der Waals surface area contributed by atoms with Crippen molar-refractivity contribution >= 4 is 5.78 Å².